The summed E-state index contributed by atoms with van der Waals surface area (Å²) in [6.07, 6.45) is 4.71. The zero-order valence-corrected chi connectivity index (χ0v) is 10.7. The van der Waals surface area contributed by atoms with Crippen LogP contribution in [0.1, 0.15) is 23.3 Å². The van der Waals surface area contributed by atoms with E-state index in [-0.39, 0.29) is 5.56 Å². The fourth-order valence-electron chi connectivity index (χ4n) is 1.53. The van der Waals surface area contributed by atoms with Gasteiger partial charge in [0.2, 0.25) is 0 Å². The first-order valence-corrected chi connectivity index (χ1v) is 5.91. The summed E-state index contributed by atoms with van der Waals surface area (Å²) >= 11 is 0. The van der Waals surface area contributed by atoms with E-state index in [0.29, 0.717) is 0 Å². The largest absolute Gasteiger partial charge is 0.325 e. The average molecular weight is 276 g/mol. The molecule has 2 rings (SSSR count). The lowest BCUT2D eigenvalue weighted by molar-refractivity contribution is -0.124. The normalized spacial score (nSPS) is 11.7. The van der Waals surface area contributed by atoms with Crippen molar-refractivity contribution in [2.45, 2.75) is 13.0 Å². The maximum Gasteiger partial charge on any atom is 0.269 e. The van der Waals surface area contributed by atoms with Crippen LogP contribution in [0.15, 0.2) is 43.0 Å². The van der Waals surface area contributed by atoms with Crippen molar-refractivity contribution in [3.05, 3.63) is 54.4 Å². The van der Waals surface area contributed by atoms with Crippen LogP contribution in [0, 0.1) is 5.82 Å². The molecule has 2 aromatic rings. The van der Waals surface area contributed by atoms with Gasteiger partial charge in [0, 0.05) is 18.0 Å². The van der Waals surface area contributed by atoms with Crippen LogP contribution in [0.5, 0.6) is 0 Å². The summed E-state index contributed by atoms with van der Waals surface area (Å²) in [5, 5.41) is 0. The van der Waals surface area contributed by atoms with Crippen LogP contribution in [0.2, 0.25) is 0 Å². The molecule has 0 aliphatic rings. The number of hydrogen-bond donors (Lipinski definition) is 2. The van der Waals surface area contributed by atoms with Crippen molar-refractivity contribution in [1.82, 2.24) is 20.4 Å². The molecule has 0 aliphatic heterocycles. The van der Waals surface area contributed by atoms with E-state index in [1.165, 1.54) is 30.6 Å². The molecule has 0 spiro atoms. The number of rotatable bonds is 3. The van der Waals surface area contributed by atoms with E-state index in [1.807, 2.05) is 0 Å². The number of nitrogens with zero attached hydrogens (tertiary/aromatic N) is 2. The van der Waals surface area contributed by atoms with Crippen molar-refractivity contribution in [3.63, 3.8) is 0 Å². The second-order valence-electron chi connectivity index (χ2n) is 4.14. The van der Waals surface area contributed by atoms with Crippen LogP contribution in [-0.2, 0) is 4.79 Å². The number of nitrogens with one attached hydrogen (secondary N) is 2. The van der Waals surface area contributed by atoms with Gasteiger partial charge in [0.05, 0.1) is 6.33 Å². The minimum absolute atomic E-state index is 0.252. The van der Waals surface area contributed by atoms with Crippen LogP contribution in [0.25, 0.3) is 0 Å². The summed E-state index contributed by atoms with van der Waals surface area (Å²) in [5.41, 5.74) is 4.82. The number of hydrazine groups is 1. The second-order valence-corrected chi connectivity index (χ2v) is 4.14. The molecule has 1 heterocycles. The van der Waals surface area contributed by atoms with Crippen molar-refractivity contribution < 1.29 is 14.0 Å². The molecule has 2 amide bonds. The highest BCUT2D eigenvalue weighted by molar-refractivity contribution is 5.95. The first kappa shape index (κ1) is 13.7. The predicted molar refractivity (Wildman–Crippen MR) is 68.9 cm³/mol. The topological polar surface area (TPSA) is 76.0 Å². The van der Waals surface area contributed by atoms with Gasteiger partial charge < -0.3 is 4.57 Å². The number of carbonyl (C=O) groups excluding carboxylic acids is 2. The van der Waals surface area contributed by atoms with Gasteiger partial charge in [0.25, 0.3) is 11.8 Å². The molecule has 0 saturated heterocycles. The lowest BCUT2D eigenvalue weighted by Gasteiger charge is -2.13. The van der Waals surface area contributed by atoms with Gasteiger partial charge in [-0.3, -0.25) is 20.4 Å². The summed E-state index contributed by atoms with van der Waals surface area (Å²) in [6, 6.07) is 4.49. The van der Waals surface area contributed by atoms with E-state index in [1.54, 1.807) is 23.9 Å². The summed E-state index contributed by atoms with van der Waals surface area (Å²) in [4.78, 5) is 27.3. The first-order chi connectivity index (χ1) is 9.58. The molecule has 6 nitrogen and oxygen atoms in total. The Balaban J connectivity index is 1.90. The molecule has 0 aliphatic carbocycles. The molecule has 0 bridgehead atoms. The summed E-state index contributed by atoms with van der Waals surface area (Å²) in [7, 11) is 0. The van der Waals surface area contributed by atoms with Gasteiger partial charge in [-0.25, -0.2) is 9.37 Å². The first-order valence-electron chi connectivity index (χ1n) is 5.91. The summed E-state index contributed by atoms with van der Waals surface area (Å²) < 4.78 is 14.3. The van der Waals surface area contributed by atoms with Crippen molar-refractivity contribution in [2.24, 2.45) is 0 Å². The fourth-order valence-corrected chi connectivity index (χ4v) is 1.53. The molecule has 20 heavy (non-hydrogen) atoms. The quantitative estimate of drug-likeness (QED) is 0.823. The van der Waals surface area contributed by atoms with Gasteiger partial charge in [0.15, 0.2) is 0 Å². The van der Waals surface area contributed by atoms with E-state index < -0.39 is 23.7 Å². The third kappa shape index (κ3) is 3.19. The van der Waals surface area contributed by atoms with Gasteiger partial charge in [0.1, 0.15) is 11.9 Å². The average Bonchev–Trinajstić information content (AvgIpc) is 2.98. The minimum Gasteiger partial charge on any atom is -0.325 e. The van der Waals surface area contributed by atoms with Crippen LogP contribution in [0.3, 0.4) is 0 Å². The molecule has 0 fully saturated rings. The van der Waals surface area contributed by atoms with Gasteiger partial charge >= 0.3 is 0 Å². The summed E-state index contributed by atoms with van der Waals surface area (Å²) in [5.74, 6) is -1.34. The molecule has 0 saturated carbocycles. The van der Waals surface area contributed by atoms with Gasteiger partial charge in [-0.1, -0.05) is 0 Å². The predicted octanol–water partition coefficient (Wildman–Crippen LogP) is 1.04. The third-order valence-electron chi connectivity index (χ3n) is 2.76. The standard InChI is InChI=1S/C13H13FN4O2/c1-9(18-7-6-15-8-18)12(19)16-17-13(20)10-2-4-11(14)5-3-10/h2-9H,1H3,(H,16,19)(H,17,20)/t9-/m0/s1. The Morgan fingerprint density at radius 2 is 1.95 bits per heavy atom. The van der Waals surface area contributed by atoms with Gasteiger partial charge in [-0.05, 0) is 31.2 Å². The van der Waals surface area contributed by atoms with Gasteiger partial charge in [-0.15, -0.1) is 0 Å². The van der Waals surface area contributed by atoms with E-state index in [2.05, 4.69) is 15.8 Å². The van der Waals surface area contributed by atoms with E-state index in [9.17, 15) is 14.0 Å². The molecule has 1 aromatic carbocycles. The lowest BCUT2D eigenvalue weighted by Crippen LogP contribution is -2.44. The number of amides is 2. The summed E-state index contributed by atoms with van der Waals surface area (Å²) in [6.45, 7) is 1.67. The van der Waals surface area contributed by atoms with Crippen LogP contribution >= 0.6 is 0 Å². The van der Waals surface area contributed by atoms with Crippen LogP contribution < -0.4 is 10.9 Å². The zero-order chi connectivity index (χ0) is 14.5. The Morgan fingerprint density at radius 1 is 1.25 bits per heavy atom. The highest BCUT2D eigenvalue weighted by atomic mass is 19.1. The molecule has 1 atom stereocenters. The number of halogens is 1. The monoisotopic (exact) mass is 276 g/mol. The molecular weight excluding hydrogens is 263 g/mol. The Morgan fingerprint density at radius 3 is 2.55 bits per heavy atom. The maximum atomic E-state index is 12.7. The molecule has 7 heteroatoms. The maximum absolute atomic E-state index is 12.7. The minimum atomic E-state index is -0.517. The van der Waals surface area contributed by atoms with E-state index in [4.69, 9.17) is 0 Å². The molecule has 104 valence electrons. The number of hydrogen-bond acceptors (Lipinski definition) is 3. The number of aromatic nitrogens is 2. The molecule has 2 N–H and O–H groups in total. The van der Waals surface area contributed by atoms with Crippen molar-refractivity contribution >= 4 is 11.8 Å². The number of benzene rings is 1. The Labute approximate surface area is 114 Å². The lowest BCUT2D eigenvalue weighted by atomic mass is 10.2. The zero-order valence-electron chi connectivity index (χ0n) is 10.7. The van der Waals surface area contributed by atoms with E-state index >= 15 is 0 Å². The Bertz CT molecular complexity index is 595. The fraction of sp³-hybridized carbons (Fsp3) is 0.154. The molecule has 0 unspecified atom stereocenters. The van der Waals surface area contributed by atoms with Crippen molar-refractivity contribution in [1.29, 1.82) is 0 Å². The smallest absolute Gasteiger partial charge is 0.269 e. The van der Waals surface area contributed by atoms with Crippen molar-refractivity contribution in [2.75, 3.05) is 0 Å². The second kappa shape index (κ2) is 5.96. The molecule has 0 radical (unpaired) electrons. The Hall–Kier alpha value is -2.70. The number of imidazole rings is 1. The molecule has 1 aromatic heterocycles. The SMILES string of the molecule is C[C@@H](C(=O)NNC(=O)c1ccc(F)cc1)n1ccnc1. The van der Waals surface area contributed by atoms with Crippen LogP contribution in [-0.4, -0.2) is 21.4 Å². The Kier molecular flexibility index (Phi) is 4.09. The van der Waals surface area contributed by atoms with E-state index in [0.717, 1.165) is 0 Å². The highest BCUT2D eigenvalue weighted by Crippen LogP contribution is 2.04. The molecular formula is C13H13FN4O2. The third-order valence-corrected chi connectivity index (χ3v) is 2.76. The van der Waals surface area contributed by atoms with Gasteiger partial charge in [-0.2, -0.15) is 0 Å². The number of carbonyl (C=O) groups is 2. The highest BCUT2D eigenvalue weighted by Gasteiger charge is 2.15. The van der Waals surface area contributed by atoms with Crippen molar-refractivity contribution in [3.8, 4) is 0 Å². The van der Waals surface area contributed by atoms with Crippen LogP contribution in [0.4, 0.5) is 4.39 Å².